The molecule has 0 heterocycles. The molecule has 0 aromatic heterocycles. The van der Waals surface area contributed by atoms with Crippen molar-refractivity contribution in [3.8, 4) is 0 Å². The van der Waals surface area contributed by atoms with Crippen molar-refractivity contribution in [2.45, 2.75) is 0 Å². The largest absolute Gasteiger partial charge is 5.00 e. The Bertz CT molecular complexity index is 277. The molecule has 14 heavy (non-hydrogen) atoms. The van der Waals surface area contributed by atoms with Crippen molar-refractivity contribution in [2.75, 3.05) is 0 Å². The first-order chi connectivity index (χ1) is 5.41. The molecule has 10 nitrogen and oxygen atoms in total. The topological polar surface area (TPSA) is 185 Å². The molecule has 0 bridgehead atoms. The molecule has 0 rings (SSSR count). The van der Waals surface area contributed by atoms with E-state index in [2.05, 4.69) is 8.62 Å². The minimum Gasteiger partial charge on any atom is -0.790 e. The maximum Gasteiger partial charge on any atom is 5.00 e. The molecule has 0 atom stereocenters. The number of phosphoric acid groups is 3. The fourth-order valence-corrected chi connectivity index (χ4v) is 2.61. The third-order valence-corrected chi connectivity index (χ3v) is 3.60. The fourth-order valence-electron chi connectivity index (χ4n) is 0.260. The van der Waals surface area contributed by atoms with Crippen molar-refractivity contribution in [1.29, 1.82) is 0 Å². The van der Waals surface area contributed by atoms with Crippen LogP contribution in [0.25, 0.3) is 0 Å². The van der Waals surface area contributed by atoms with Gasteiger partial charge < -0.3 is 33.6 Å². The Morgan fingerprint density at radius 3 is 1.07 bits per heavy atom. The van der Waals surface area contributed by atoms with Crippen molar-refractivity contribution in [3.05, 3.63) is 0 Å². The molecule has 0 saturated carbocycles. The van der Waals surface area contributed by atoms with Gasteiger partial charge in [0.2, 0.25) is 0 Å². The summed E-state index contributed by atoms with van der Waals surface area (Å²) in [5.41, 5.74) is 0. The summed E-state index contributed by atoms with van der Waals surface area (Å²) in [7, 11) is -17.9. The molecule has 0 aliphatic rings. The zero-order valence-electron chi connectivity index (χ0n) is 5.83. The first kappa shape index (κ1) is 17.3. The van der Waals surface area contributed by atoms with E-state index in [-0.39, 0.29) is 17.4 Å². The van der Waals surface area contributed by atoms with Crippen molar-refractivity contribution in [3.63, 3.8) is 0 Å². The van der Waals surface area contributed by atoms with E-state index in [0.29, 0.717) is 0 Å². The Balaban J connectivity index is 0. The fraction of sp³-hybridized carbons (Fsp3) is 0. The van der Waals surface area contributed by atoms with E-state index in [1.807, 2.05) is 0 Å². The van der Waals surface area contributed by atoms with Gasteiger partial charge in [0.1, 0.15) is 0 Å². The van der Waals surface area contributed by atoms with Crippen molar-refractivity contribution >= 4 is 23.5 Å². The van der Waals surface area contributed by atoms with Gasteiger partial charge in [-0.25, -0.2) is 0 Å². The van der Waals surface area contributed by atoms with E-state index < -0.39 is 23.5 Å². The average molecular weight is 305 g/mol. The molecule has 0 saturated heterocycles. The van der Waals surface area contributed by atoms with Crippen LogP contribution in [0.5, 0.6) is 0 Å². The Morgan fingerprint density at radius 2 is 0.929 bits per heavy atom. The van der Waals surface area contributed by atoms with Crippen molar-refractivity contribution < 1.29 is 64.1 Å². The third-order valence-electron chi connectivity index (χ3n) is 0.400. The van der Waals surface area contributed by atoms with E-state index in [1.54, 1.807) is 0 Å². The van der Waals surface area contributed by atoms with Gasteiger partial charge in [0.15, 0.2) is 0 Å². The van der Waals surface area contributed by atoms with Gasteiger partial charge in [-0.1, -0.05) is 0 Å². The van der Waals surface area contributed by atoms with E-state index >= 15 is 0 Å². The molecule has 0 spiro atoms. The van der Waals surface area contributed by atoms with Gasteiger partial charge in [-0.2, -0.15) is 0 Å². The Hall–Kier alpha value is 0.942. The van der Waals surface area contributed by atoms with Crippen LogP contribution in [0, 0.1) is 0 Å². The molecule has 81 valence electrons. The Kier molecular flexibility index (Phi) is 6.60. The van der Waals surface area contributed by atoms with Gasteiger partial charge in [-0.3, -0.25) is 13.2 Å². The summed E-state index contributed by atoms with van der Waals surface area (Å²) in [5.74, 6) is 0. The minimum absolute atomic E-state index is 0. The van der Waals surface area contributed by atoms with E-state index in [4.69, 9.17) is 0 Å². The van der Waals surface area contributed by atoms with Gasteiger partial charge >= 0.3 is 17.4 Å². The quantitative estimate of drug-likeness (QED) is 0.465. The van der Waals surface area contributed by atoms with Crippen LogP contribution >= 0.6 is 23.5 Å². The zero-order chi connectivity index (χ0) is 10.9. The summed E-state index contributed by atoms with van der Waals surface area (Å²) >= 11 is 0. The van der Waals surface area contributed by atoms with Gasteiger partial charge in [0, 0.05) is 0 Å². The molecular formula is CrO10P3. The van der Waals surface area contributed by atoms with Crippen LogP contribution in [0.1, 0.15) is 0 Å². The predicted octanol–water partition coefficient (Wildman–Crippen LogP) is -3.86. The molecule has 14 heteroatoms. The summed E-state index contributed by atoms with van der Waals surface area (Å²) in [5, 5.41) is 0. The van der Waals surface area contributed by atoms with E-state index in [9.17, 15) is 38.2 Å². The monoisotopic (exact) mass is 305 g/mol. The van der Waals surface area contributed by atoms with Crippen LogP contribution in [0.3, 0.4) is 0 Å². The van der Waals surface area contributed by atoms with Crippen LogP contribution in [-0.2, 0) is 39.7 Å². The van der Waals surface area contributed by atoms with Crippen LogP contribution in [0.15, 0.2) is 0 Å². The third kappa shape index (κ3) is 11.0. The normalized spacial score (nSPS) is 13.5. The van der Waals surface area contributed by atoms with E-state index in [1.165, 1.54) is 0 Å². The second-order valence-electron chi connectivity index (χ2n) is 1.50. The van der Waals surface area contributed by atoms with Gasteiger partial charge in [0.05, 0.1) is 15.6 Å². The molecule has 0 amide bonds. The van der Waals surface area contributed by atoms with Crippen molar-refractivity contribution in [2.24, 2.45) is 0 Å². The summed E-state index contributed by atoms with van der Waals surface area (Å²) in [6.07, 6.45) is 0. The molecule has 0 unspecified atom stereocenters. The Morgan fingerprint density at radius 1 is 0.714 bits per heavy atom. The van der Waals surface area contributed by atoms with Gasteiger partial charge in [-0.15, -0.1) is 0 Å². The predicted molar refractivity (Wildman–Crippen MR) is 25.0 cm³/mol. The van der Waals surface area contributed by atoms with Gasteiger partial charge in [0.25, 0.3) is 7.82 Å². The molecule has 1 radical (unpaired) electrons. The first-order valence-corrected chi connectivity index (χ1v) is 6.57. The SMILES string of the molecule is O=P([O-])([O-])OP(=O)([O-])OP(=O)([O-])[O-].[Cr+5]. The number of rotatable bonds is 4. The zero-order valence-corrected chi connectivity index (χ0v) is 9.79. The van der Waals surface area contributed by atoms with Crippen LogP contribution in [0.4, 0.5) is 0 Å². The molecule has 0 aromatic carbocycles. The average Bonchev–Trinajstić information content (AvgIpc) is 1.43. The number of hydrogen-bond donors (Lipinski definition) is 0. The van der Waals surface area contributed by atoms with Crippen molar-refractivity contribution in [1.82, 2.24) is 0 Å². The Labute approximate surface area is 88.1 Å². The van der Waals surface area contributed by atoms with Crippen LogP contribution in [-0.4, -0.2) is 0 Å². The van der Waals surface area contributed by atoms with Crippen LogP contribution < -0.4 is 24.5 Å². The summed E-state index contributed by atoms with van der Waals surface area (Å²) in [4.78, 5) is 48.6. The molecule has 0 aromatic rings. The second-order valence-corrected chi connectivity index (χ2v) is 5.49. The molecule has 0 N–H and O–H groups in total. The molecular weight excluding hydrogens is 305 g/mol. The van der Waals surface area contributed by atoms with E-state index in [0.717, 1.165) is 0 Å². The number of hydrogen-bond acceptors (Lipinski definition) is 10. The van der Waals surface area contributed by atoms with Gasteiger partial charge in [-0.05, 0) is 0 Å². The second kappa shape index (κ2) is 5.32. The van der Waals surface area contributed by atoms with Crippen LogP contribution in [0.2, 0.25) is 0 Å². The standard InChI is InChI=1S/Cr.H5O10P3/c;1-11(2,3)9-13(7,8)10-12(4,5)6/h;(H,7,8)(H2,1,2,3)(H2,4,5,6)/q+5;/p-5. The summed E-state index contributed by atoms with van der Waals surface area (Å²) in [6, 6.07) is 0. The molecule has 0 fully saturated rings. The maximum absolute atomic E-state index is 10.1. The summed E-state index contributed by atoms with van der Waals surface area (Å²) < 4.78 is 34.7. The maximum atomic E-state index is 10.1. The molecule has 0 aliphatic heterocycles. The summed E-state index contributed by atoms with van der Waals surface area (Å²) in [6.45, 7) is 0. The molecule has 0 aliphatic carbocycles. The minimum atomic E-state index is -5.97. The first-order valence-electron chi connectivity index (χ1n) is 2.19. The smallest absolute Gasteiger partial charge is 0.790 e.